The maximum Gasteiger partial charge on any atom is 0.127 e. The van der Waals surface area contributed by atoms with E-state index in [0.717, 1.165) is 16.7 Å². The fraction of sp³-hybridized carbons (Fsp3) is 0.333. The third-order valence-electron chi connectivity index (χ3n) is 4.10. The van der Waals surface area contributed by atoms with Crippen molar-refractivity contribution < 1.29 is 14.2 Å². The third-order valence-corrected chi connectivity index (χ3v) is 4.10. The number of aliphatic hydroxyl groups is 1. The summed E-state index contributed by atoms with van der Waals surface area (Å²) in [7, 11) is 0. The van der Waals surface area contributed by atoms with Crippen molar-refractivity contribution in [1.29, 1.82) is 0 Å². The second-order valence-electron chi connectivity index (χ2n) is 5.85. The van der Waals surface area contributed by atoms with Crippen molar-refractivity contribution in [3.8, 4) is 5.75 Å². The standard InChI is InChI=1S/C18H19FO2/c1-10-6-11(2)18(12(3)7-10)17-9-15(20)14-8-13(19)4-5-16(14)21-17/h4-8,15,17,20H,9H2,1-3H3/t15-,17?/m1/s1. The van der Waals surface area contributed by atoms with Gasteiger partial charge in [0.1, 0.15) is 17.7 Å². The minimum atomic E-state index is -0.699. The van der Waals surface area contributed by atoms with Gasteiger partial charge in [-0.3, -0.25) is 0 Å². The molecule has 0 spiro atoms. The summed E-state index contributed by atoms with van der Waals surface area (Å²) >= 11 is 0. The van der Waals surface area contributed by atoms with Gasteiger partial charge in [0.2, 0.25) is 0 Å². The number of fused-ring (bicyclic) bond motifs is 1. The molecule has 2 aromatic rings. The molecular formula is C18H19FO2. The number of hydrogen-bond acceptors (Lipinski definition) is 2. The fourth-order valence-electron chi connectivity index (χ4n) is 3.29. The lowest BCUT2D eigenvalue weighted by Crippen LogP contribution is -2.21. The van der Waals surface area contributed by atoms with E-state index in [1.54, 1.807) is 6.07 Å². The summed E-state index contributed by atoms with van der Waals surface area (Å²) in [4.78, 5) is 0. The molecule has 1 unspecified atom stereocenters. The number of aliphatic hydroxyl groups excluding tert-OH is 1. The topological polar surface area (TPSA) is 29.5 Å². The summed E-state index contributed by atoms with van der Waals surface area (Å²) in [5.41, 5.74) is 5.20. The largest absolute Gasteiger partial charge is 0.485 e. The van der Waals surface area contributed by atoms with Crippen LogP contribution in [0.5, 0.6) is 5.75 Å². The summed E-state index contributed by atoms with van der Waals surface area (Å²) in [6.45, 7) is 6.19. The first-order chi connectivity index (χ1) is 9.95. The maximum atomic E-state index is 13.3. The average Bonchev–Trinajstić information content (AvgIpc) is 2.38. The predicted molar refractivity (Wildman–Crippen MR) is 80.0 cm³/mol. The van der Waals surface area contributed by atoms with Gasteiger partial charge in [0.15, 0.2) is 0 Å². The molecule has 110 valence electrons. The number of ether oxygens (including phenoxy) is 1. The van der Waals surface area contributed by atoms with E-state index in [9.17, 15) is 9.50 Å². The molecule has 2 atom stereocenters. The van der Waals surface area contributed by atoms with E-state index < -0.39 is 6.10 Å². The minimum Gasteiger partial charge on any atom is -0.485 e. The van der Waals surface area contributed by atoms with E-state index in [-0.39, 0.29) is 11.9 Å². The molecule has 21 heavy (non-hydrogen) atoms. The molecule has 0 saturated carbocycles. The summed E-state index contributed by atoms with van der Waals surface area (Å²) in [5, 5.41) is 10.3. The van der Waals surface area contributed by atoms with Gasteiger partial charge in [0.25, 0.3) is 0 Å². The van der Waals surface area contributed by atoms with Gasteiger partial charge in [-0.05, 0) is 55.7 Å². The van der Waals surface area contributed by atoms with E-state index in [1.807, 2.05) is 0 Å². The molecule has 1 N–H and O–H groups in total. The van der Waals surface area contributed by atoms with E-state index in [1.165, 1.54) is 17.7 Å². The Labute approximate surface area is 124 Å². The Morgan fingerprint density at radius 2 is 1.76 bits per heavy atom. The van der Waals surface area contributed by atoms with E-state index in [0.29, 0.717) is 17.7 Å². The van der Waals surface area contributed by atoms with Crippen LogP contribution in [0.1, 0.15) is 46.4 Å². The highest BCUT2D eigenvalue weighted by Gasteiger charge is 2.30. The predicted octanol–water partition coefficient (Wildman–Crippen LogP) is 4.31. The quantitative estimate of drug-likeness (QED) is 0.846. The van der Waals surface area contributed by atoms with Gasteiger partial charge in [0.05, 0.1) is 6.10 Å². The van der Waals surface area contributed by atoms with Crippen LogP contribution in [0.4, 0.5) is 4.39 Å². The van der Waals surface area contributed by atoms with Gasteiger partial charge in [-0.2, -0.15) is 0 Å². The van der Waals surface area contributed by atoms with Crippen LogP contribution < -0.4 is 4.74 Å². The second-order valence-corrected chi connectivity index (χ2v) is 5.85. The van der Waals surface area contributed by atoms with Gasteiger partial charge in [-0.25, -0.2) is 4.39 Å². The molecule has 1 heterocycles. The van der Waals surface area contributed by atoms with Crippen LogP contribution in [-0.4, -0.2) is 5.11 Å². The second kappa shape index (κ2) is 5.15. The van der Waals surface area contributed by atoms with Crippen molar-refractivity contribution in [3.05, 3.63) is 64.0 Å². The number of aryl methyl sites for hydroxylation is 3. The Morgan fingerprint density at radius 1 is 1.10 bits per heavy atom. The molecular weight excluding hydrogens is 267 g/mol. The number of hydrogen-bond donors (Lipinski definition) is 1. The van der Waals surface area contributed by atoms with Crippen LogP contribution in [0.2, 0.25) is 0 Å². The molecule has 1 aliphatic heterocycles. The zero-order valence-electron chi connectivity index (χ0n) is 12.5. The Balaban J connectivity index is 2.02. The number of benzene rings is 2. The summed E-state index contributed by atoms with van der Waals surface area (Å²) < 4.78 is 19.3. The Hall–Kier alpha value is -1.87. The molecule has 3 heteroatoms. The molecule has 0 fully saturated rings. The van der Waals surface area contributed by atoms with Crippen LogP contribution >= 0.6 is 0 Å². The SMILES string of the molecule is Cc1cc(C)c(C2C[C@@H](O)c3cc(F)ccc3O2)c(C)c1. The highest BCUT2D eigenvalue weighted by Crippen LogP contribution is 2.42. The lowest BCUT2D eigenvalue weighted by Gasteiger charge is -2.31. The third kappa shape index (κ3) is 2.54. The van der Waals surface area contributed by atoms with Crippen LogP contribution in [0.25, 0.3) is 0 Å². The van der Waals surface area contributed by atoms with E-state index in [4.69, 9.17) is 4.74 Å². The van der Waals surface area contributed by atoms with Crippen molar-refractivity contribution >= 4 is 0 Å². The van der Waals surface area contributed by atoms with Gasteiger partial charge >= 0.3 is 0 Å². The zero-order chi connectivity index (χ0) is 15.1. The molecule has 0 saturated heterocycles. The molecule has 1 aliphatic rings. The summed E-state index contributed by atoms with van der Waals surface area (Å²) in [6.07, 6.45) is -0.450. The Morgan fingerprint density at radius 3 is 2.43 bits per heavy atom. The molecule has 2 aromatic carbocycles. The van der Waals surface area contributed by atoms with Crippen molar-refractivity contribution in [3.63, 3.8) is 0 Å². The van der Waals surface area contributed by atoms with Crippen LogP contribution in [0.3, 0.4) is 0 Å². The molecule has 0 aromatic heterocycles. The average molecular weight is 286 g/mol. The van der Waals surface area contributed by atoms with Crippen molar-refractivity contribution in [1.82, 2.24) is 0 Å². The fourth-order valence-corrected chi connectivity index (χ4v) is 3.29. The summed E-state index contributed by atoms with van der Waals surface area (Å²) in [6, 6.07) is 8.56. The maximum absolute atomic E-state index is 13.3. The molecule has 2 nitrogen and oxygen atoms in total. The van der Waals surface area contributed by atoms with Gasteiger partial charge in [-0.1, -0.05) is 17.7 Å². The highest BCUT2D eigenvalue weighted by atomic mass is 19.1. The zero-order valence-corrected chi connectivity index (χ0v) is 12.5. The van der Waals surface area contributed by atoms with Crippen molar-refractivity contribution in [2.45, 2.75) is 39.4 Å². The first kappa shape index (κ1) is 14.1. The molecule has 0 radical (unpaired) electrons. The molecule has 3 rings (SSSR count). The first-order valence-electron chi connectivity index (χ1n) is 7.17. The number of rotatable bonds is 1. The summed E-state index contributed by atoms with van der Waals surface area (Å²) in [5.74, 6) is 0.220. The van der Waals surface area contributed by atoms with E-state index in [2.05, 4.69) is 32.9 Å². The molecule has 0 bridgehead atoms. The van der Waals surface area contributed by atoms with E-state index >= 15 is 0 Å². The van der Waals surface area contributed by atoms with Gasteiger partial charge in [0, 0.05) is 12.0 Å². The van der Waals surface area contributed by atoms with Crippen molar-refractivity contribution in [2.24, 2.45) is 0 Å². The molecule has 0 aliphatic carbocycles. The minimum absolute atomic E-state index is 0.196. The first-order valence-corrected chi connectivity index (χ1v) is 7.17. The van der Waals surface area contributed by atoms with Crippen LogP contribution in [0.15, 0.2) is 30.3 Å². The highest BCUT2D eigenvalue weighted by molar-refractivity contribution is 5.43. The Kier molecular flexibility index (Phi) is 3.46. The monoisotopic (exact) mass is 286 g/mol. The number of halogens is 1. The van der Waals surface area contributed by atoms with Crippen LogP contribution in [0, 0.1) is 26.6 Å². The molecule has 0 amide bonds. The van der Waals surface area contributed by atoms with Gasteiger partial charge < -0.3 is 9.84 Å². The van der Waals surface area contributed by atoms with Crippen molar-refractivity contribution in [2.75, 3.05) is 0 Å². The van der Waals surface area contributed by atoms with Gasteiger partial charge in [-0.15, -0.1) is 0 Å². The smallest absolute Gasteiger partial charge is 0.127 e. The van der Waals surface area contributed by atoms with Crippen LogP contribution in [-0.2, 0) is 0 Å². The normalized spacial score (nSPS) is 20.8. The Bertz CT molecular complexity index is 671. The lowest BCUT2D eigenvalue weighted by atomic mass is 9.89. The lowest BCUT2D eigenvalue weighted by molar-refractivity contribution is 0.0648.